The first kappa shape index (κ1) is 17.8. The molecule has 0 aliphatic carbocycles. The van der Waals surface area contributed by atoms with Gasteiger partial charge in [0.25, 0.3) is 5.69 Å². The maximum Gasteiger partial charge on any atom is 0.269 e. The fourth-order valence-electron chi connectivity index (χ4n) is 2.41. The predicted octanol–water partition coefficient (Wildman–Crippen LogP) is 2.31. The molecule has 3 aromatic rings. The van der Waals surface area contributed by atoms with Crippen molar-refractivity contribution in [3.8, 4) is 5.75 Å². The predicted molar refractivity (Wildman–Crippen MR) is 95.2 cm³/mol. The third-order valence-corrected chi connectivity index (χ3v) is 3.72. The van der Waals surface area contributed by atoms with Gasteiger partial charge in [0.05, 0.1) is 4.92 Å². The summed E-state index contributed by atoms with van der Waals surface area (Å²) in [6, 6.07) is 13.3. The lowest BCUT2D eigenvalue weighted by molar-refractivity contribution is -0.384. The SMILES string of the molecule is O=[N+]([O-])c1ccc(OCC(O)CNCCc2nc3ccccc3o2)cc1. The zero-order chi connectivity index (χ0) is 18.4. The van der Waals surface area contributed by atoms with Crippen LogP contribution in [0.25, 0.3) is 11.1 Å². The van der Waals surface area contributed by atoms with E-state index in [1.165, 1.54) is 24.3 Å². The van der Waals surface area contributed by atoms with E-state index in [1.807, 2.05) is 24.3 Å². The lowest BCUT2D eigenvalue weighted by Crippen LogP contribution is -2.32. The molecule has 1 aromatic heterocycles. The number of nitro benzene ring substituents is 1. The Balaban J connectivity index is 1.36. The standard InChI is InChI=1S/C18H19N3O5/c22-14(12-25-15-7-5-13(6-8-15)21(23)24)11-19-10-9-18-20-16-3-1-2-4-17(16)26-18/h1-8,14,19,22H,9-12H2. The second kappa shape index (κ2) is 8.41. The van der Waals surface area contributed by atoms with Gasteiger partial charge >= 0.3 is 0 Å². The van der Waals surface area contributed by atoms with Crippen molar-refractivity contribution in [1.82, 2.24) is 10.3 Å². The second-order valence-corrected chi connectivity index (χ2v) is 5.75. The molecule has 0 aliphatic heterocycles. The number of aliphatic hydroxyl groups is 1. The van der Waals surface area contributed by atoms with E-state index in [9.17, 15) is 15.2 Å². The van der Waals surface area contributed by atoms with E-state index in [4.69, 9.17) is 9.15 Å². The largest absolute Gasteiger partial charge is 0.491 e. The zero-order valence-electron chi connectivity index (χ0n) is 14.0. The van der Waals surface area contributed by atoms with Crippen molar-refractivity contribution in [3.63, 3.8) is 0 Å². The summed E-state index contributed by atoms with van der Waals surface area (Å²) in [7, 11) is 0. The number of hydrogen-bond acceptors (Lipinski definition) is 7. The van der Waals surface area contributed by atoms with Gasteiger partial charge in [-0.05, 0) is 24.3 Å². The third kappa shape index (κ3) is 4.78. The number of hydrogen-bond donors (Lipinski definition) is 2. The third-order valence-electron chi connectivity index (χ3n) is 3.72. The number of oxazole rings is 1. The summed E-state index contributed by atoms with van der Waals surface area (Å²) < 4.78 is 11.0. The van der Waals surface area contributed by atoms with Gasteiger partial charge in [-0.15, -0.1) is 0 Å². The number of fused-ring (bicyclic) bond motifs is 1. The van der Waals surface area contributed by atoms with Crippen LogP contribution < -0.4 is 10.1 Å². The van der Waals surface area contributed by atoms with Gasteiger partial charge in [-0.2, -0.15) is 0 Å². The molecule has 2 N–H and O–H groups in total. The van der Waals surface area contributed by atoms with Crippen molar-refractivity contribution in [2.75, 3.05) is 19.7 Å². The Morgan fingerprint density at radius 2 is 2.00 bits per heavy atom. The van der Waals surface area contributed by atoms with Gasteiger partial charge in [-0.3, -0.25) is 10.1 Å². The van der Waals surface area contributed by atoms with Crippen LogP contribution >= 0.6 is 0 Å². The zero-order valence-corrected chi connectivity index (χ0v) is 14.0. The van der Waals surface area contributed by atoms with E-state index in [0.717, 1.165) is 11.1 Å². The number of ether oxygens (including phenoxy) is 1. The molecule has 0 aliphatic rings. The highest BCUT2D eigenvalue weighted by molar-refractivity contribution is 5.72. The molecule has 0 amide bonds. The fraction of sp³-hybridized carbons (Fsp3) is 0.278. The van der Waals surface area contributed by atoms with Crippen molar-refractivity contribution >= 4 is 16.8 Å². The number of nitro groups is 1. The smallest absolute Gasteiger partial charge is 0.269 e. The summed E-state index contributed by atoms with van der Waals surface area (Å²) in [4.78, 5) is 14.5. The molecule has 26 heavy (non-hydrogen) atoms. The summed E-state index contributed by atoms with van der Waals surface area (Å²) in [6.45, 7) is 1.06. The van der Waals surface area contributed by atoms with Crippen LogP contribution in [0, 0.1) is 10.1 Å². The first-order chi connectivity index (χ1) is 12.6. The fourth-order valence-corrected chi connectivity index (χ4v) is 2.41. The number of aliphatic hydroxyl groups excluding tert-OH is 1. The number of benzene rings is 2. The molecule has 0 bridgehead atoms. The van der Waals surface area contributed by atoms with Crippen LogP contribution in [0.3, 0.4) is 0 Å². The van der Waals surface area contributed by atoms with Crippen molar-refractivity contribution < 1.29 is 19.2 Å². The average molecular weight is 357 g/mol. The van der Waals surface area contributed by atoms with E-state index in [0.29, 0.717) is 31.2 Å². The summed E-state index contributed by atoms with van der Waals surface area (Å²) in [6.07, 6.45) is -0.0845. The molecule has 8 nitrogen and oxygen atoms in total. The summed E-state index contributed by atoms with van der Waals surface area (Å²) in [5.74, 6) is 1.12. The van der Waals surface area contributed by atoms with E-state index in [2.05, 4.69) is 10.3 Å². The van der Waals surface area contributed by atoms with Gasteiger partial charge in [0.2, 0.25) is 0 Å². The normalized spacial score (nSPS) is 12.2. The van der Waals surface area contributed by atoms with Gasteiger partial charge < -0.3 is 19.6 Å². The lowest BCUT2D eigenvalue weighted by Gasteiger charge is -2.12. The molecule has 0 fully saturated rings. The lowest BCUT2D eigenvalue weighted by atomic mass is 10.3. The van der Waals surface area contributed by atoms with Crippen LogP contribution in [0.1, 0.15) is 5.89 Å². The Bertz CT molecular complexity index is 830. The van der Waals surface area contributed by atoms with Gasteiger partial charge in [-0.1, -0.05) is 12.1 Å². The molecule has 0 saturated heterocycles. The minimum atomic E-state index is -0.700. The molecule has 0 radical (unpaired) electrons. The molecule has 2 aromatic carbocycles. The number of para-hydroxylation sites is 2. The second-order valence-electron chi connectivity index (χ2n) is 5.75. The van der Waals surface area contributed by atoms with E-state index >= 15 is 0 Å². The molecule has 3 rings (SSSR count). The molecule has 0 saturated carbocycles. The number of rotatable bonds is 9. The number of nitrogens with one attached hydrogen (secondary N) is 1. The Kier molecular flexibility index (Phi) is 5.77. The first-order valence-electron chi connectivity index (χ1n) is 8.22. The molecule has 136 valence electrons. The Morgan fingerprint density at radius 1 is 1.23 bits per heavy atom. The Hall–Kier alpha value is -2.97. The van der Waals surface area contributed by atoms with Crippen LogP contribution in [0.4, 0.5) is 5.69 Å². The summed E-state index contributed by atoms with van der Waals surface area (Å²) >= 11 is 0. The monoisotopic (exact) mass is 357 g/mol. The Labute approximate surface area is 149 Å². The van der Waals surface area contributed by atoms with E-state index < -0.39 is 11.0 Å². The highest BCUT2D eigenvalue weighted by Gasteiger charge is 2.08. The van der Waals surface area contributed by atoms with Crippen LogP contribution in [-0.2, 0) is 6.42 Å². The Morgan fingerprint density at radius 3 is 2.73 bits per heavy atom. The minimum Gasteiger partial charge on any atom is -0.491 e. The molecule has 0 spiro atoms. The average Bonchev–Trinajstić information content (AvgIpc) is 3.06. The number of aromatic nitrogens is 1. The van der Waals surface area contributed by atoms with E-state index in [1.54, 1.807) is 0 Å². The van der Waals surface area contributed by atoms with Gasteiger partial charge in [-0.25, -0.2) is 4.98 Å². The maximum absolute atomic E-state index is 10.6. The number of non-ortho nitro benzene ring substituents is 1. The highest BCUT2D eigenvalue weighted by Crippen LogP contribution is 2.17. The molecule has 1 unspecified atom stereocenters. The van der Waals surface area contributed by atoms with Crippen molar-refractivity contribution in [1.29, 1.82) is 0 Å². The van der Waals surface area contributed by atoms with Gasteiger partial charge in [0, 0.05) is 31.6 Å². The number of nitrogens with zero attached hydrogens (tertiary/aromatic N) is 2. The van der Waals surface area contributed by atoms with Crippen molar-refractivity contribution in [2.45, 2.75) is 12.5 Å². The summed E-state index contributed by atoms with van der Waals surface area (Å²) in [5, 5.41) is 23.6. The first-order valence-corrected chi connectivity index (χ1v) is 8.22. The molecule has 8 heteroatoms. The van der Waals surface area contributed by atoms with Crippen LogP contribution in [0.15, 0.2) is 52.9 Å². The van der Waals surface area contributed by atoms with Crippen LogP contribution in [0.2, 0.25) is 0 Å². The van der Waals surface area contributed by atoms with Crippen LogP contribution in [-0.4, -0.2) is 40.8 Å². The highest BCUT2D eigenvalue weighted by atomic mass is 16.6. The maximum atomic E-state index is 10.6. The van der Waals surface area contributed by atoms with E-state index in [-0.39, 0.29) is 12.3 Å². The van der Waals surface area contributed by atoms with Crippen molar-refractivity contribution in [3.05, 3.63) is 64.5 Å². The topological polar surface area (TPSA) is 111 Å². The quantitative estimate of drug-likeness (QED) is 0.343. The van der Waals surface area contributed by atoms with Crippen molar-refractivity contribution in [2.24, 2.45) is 0 Å². The molecular formula is C18H19N3O5. The van der Waals surface area contributed by atoms with Gasteiger partial charge in [0.15, 0.2) is 11.5 Å². The summed E-state index contributed by atoms with van der Waals surface area (Å²) in [5.41, 5.74) is 1.59. The van der Waals surface area contributed by atoms with Gasteiger partial charge in [0.1, 0.15) is 24.0 Å². The minimum absolute atomic E-state index is 0.00115. The molecular weight excluding hydrogens is 338 g/mol. The molecule has 1 atom stereocenters. The van der Waals surface area contributed by atoms with Crippen LogP contribution in [0.5, 0.6) is 5.75 Å². The molecule has 1 heterocycles.